The number of aromatic nitrogens is 2. The topological polar surface area (TPSA) is 74.5 Å². The van der Waals surface area contributed by atoms with Crippen LogP contribution in [0, 0.1) is 0 Å². The number of amides is 1. The van der Waals surface area contributed by atoms with Crippen molar-refractivity contribution in [3.05, 3.63) is 59.0 Å². The summed E-state index contributed by atoms with van der Waals surface area (Å²) in [6.07, 6.45) is 4.41. The Morgan fingerprint density at radius 2 is 1.78 bits per heavy atom. The van der Waals surface area contributed by atoms with Gasteiger partial charge in [0, 0.05) is 26.1 Å². The largest absolute Gasteiger partial charge is 0.489 e. The van der Waals surface area contributed by atoms with Crippen LogP contribution in [0.2, 0.25) is 0 Å². The van der Waals surface area contributed by atoms with Crippen LogP contribution >= 0.6 is 0 Å². The van der Waals surface area contributed by atoms with Crippen LogP contribution in [0.3, 0.4) is 0 Å². The maximum Gasteiger partial charge on any atom is 0.329 e. The van der Waals surface area contributed by atoms with Crippen molar-refractivity contribution >= 4 is 22.6 Å². The number of aryl methyl sites for hydroxylation is 2. The molecule has 3 aromatic rings. The number of ether oxygens (including phenoxy) is 2. The first-order chi connectivity index (χ1) is 15.7. The molecule has 32 heavy (non-hydrogen) atoms. The zero-order valence-electron chi connectivity index (χ0n) is 18.6. The third-order valence-corrected chi connectivity index (χ3v) is 5.79. The highest BCUT2D eigenvalue weighted by Gasteiger charge is 2.17. The molecule has 1 unspecified atom stereocenters. The summed E-state index contributed by atoms with van der Waals surface area (Å²) in [5.74, 6) is 0.473. The first kappa shape index (κ1) is 22.1. The van der Waals surface area contributed by atoms with E-state index in [1.165, 1.54) is 0 Å². The highest BCUT2D eigenvalue weighted by Crippen LogP contribution is 2.25. The molecule has 7 heteroatoms. The molecule has 4 rings (SSSR count). The van der Waals surface area contributed by atoms with E-state index in [1.54, 1.807) is 9.13 Å². The maximum absolute atomic E-state index is 12.9. The number of imidazole rings is 1. The Labute approximate surface area is 187 Å². The van der Waals surface area contributed by atoms with Crippen LogP contribution in [-0.4, -0.2) is 34.4 Å². The number of hydrogen-bond acceptors (Lipinski definition) is 4. The first-order valence-corrected chi connectivity index (χ1v) is 11.5. The van der Waals surface area contributed by atoms with Crippen LogP contribution in [0.25, 0.3) is 11.0 Å². The lowest BCUT2D eigenvalue weighted by molar-refractivity contribution is -0.116. The Bertz CT molecular complexity index is 1110. The van der Waals surface area contributed by atoms with Crippen molar-refractivity contribution < 1.29 is 14.3 Å². The van der Waals surface area contributed by atoms with E-state index < -0.39 is 0 Å². The van der Waals surface area contributed by atoms with Gasteiger partial charge in [0.05, 0.1) is 22.8 Å². The number of nitrogens with one attached hydrogen (secondary N) is 1. The van der Waals surface area contributed by atoms with Crippen LogP contribution in [0.15, 0.2) is 53.3 Å². The van der Waals surface area contributed by atoms with Crippen molar-refractivity contribution in [1.29, 1.82) is 0 Å². The van der Waals surface area contributed by atoms with E-state index in [0.29, 0.717) is 31.1 Å². The van der Waals surface area contributed by atoms with E-state index in [-0.39, 0.29) is 24.1 Å². The number of nitrogens with zero attached hydrogens (tertiary/aromatic N) is 2. The molecule has 0 spiro atoms. The quantitative estimate of drug-likeness (QED) is 0.545. The Morgan fingerprint density at radius 1 is 1.06 bits per heavy atom. The van der Waals surface area contributed by atoms with E-state index in [9.17, 15) is 9.59 Å². The predicted molar refractivity (Wildman–Crippen MR) is 125 cm³/mol. The summed E-state index contributed by atoms with van der Waals surface area (Å²) >= 11 is 0. The van der Waals surface area contributed by atoms with E-state index in [0.717, 1.165) is 43.3 Å². The summed E-state index contributed by atoms with van der Waals surface area (Å²) in [7, 11) is 0. The van der Waals surface area contributed by atoms with Crippen molar-refractivity contribution in [2.75, 3.05) is 18.5 Å². The van der Waals surface area contributed by atoms with Gasteiger partial charge in [0.25, 0.3) is 0 Å². The Kier molecular flexibility index (Phi) is 7.27. The lowest BCUT2D eigenvalue weighted by Gasteiger charge is -2.23. The van der Waals surface area contributed by atoms with Crippen molar-refractivity contribution in [1.82, 2.24) is 9.13 Å². The zero-order chi connectivity index (χ0) is 22.3. The smallest absolute Gasteiger partial charge is 0.329 e. The molecule has 0 bridgehead atoms. The lowest BCUT2D eigenvalue weighted by Crippen LogP contribution is -2.27. The van der Waals surface area contributed by atoms with Gasteiger partial charge in [0.2, 0.25) is 5.91 Å². The van der Waals surface area contributed by atoms with Crippen LogP contribution in [0.5, 0.6) is 5.75 Å². The summed E-state index contributed by atoms with van der Waals surface area (Å²) in [5.41, 5.74) is 2.32. The zero-order valence-corrected chi connectivity index (χ0v) is 18.6. The second-order valence-corrected chi connectivity index (χ2v) is 8.17. The van der Waals surface area contributed by atoms with Crippen LogP contribution < -0.4 is 15.7 Å². The fourth-order valence-electron chi connectivity index (χ4n) is 4.17. The second kappa shape index (κ2) is 10.5. The van der Waals surface area contributed by atoms with Crippen molar-refractivity contribution in [2.24, 2.45) is 0 Å². The fraction of sp³-hybridized carbons (Fsp3) is 0.440. The van der Waals surface area contributed by atoms with Gasteiger partial charge in [0.15, 0.2) is 0 Å². The Morgan fingerprint density at radius 3 is 2.50 bits per heavy atom. The van der Waals surface area contributed by atoms with E-state index in [1.807, 2.05) is 55.5 Å². The summed E-state index contributed by atoms with van der Waals surface area (Å²) < 4.78 is 15.1. The van der Waals surface area contributed by atoms with Gasteiger partial charge in [-0.3, -0.25) is 13.9 Å². The minimum absolute atomic E-state index is 0.0722. The SMILES string of the molecule is CCCn1c(=O)n(CCC(=O)Nc2ccccc2OCC2CCCCO2)c2ccccc21. The van der Waals surface area contributed by atoms with Gasteiger partial charge in [-0.25, -0.2) is 4.79 Å². The summed E-state index contributed by atoms with van der Waals surface area (Å²) in [6, 6.07) is 15.1. The molecule has 2 aromatic carbocycles. The summed E-state index contributed by atoms with van der Waals surface area (Å²) in [6.45, 7) is 4.28. The number of carbonyl (C=O) groups excluding carboxylic acids is 1. The number of hydrogen-bond donors (Lipinski definition) is 1. The Hall–Kier alpha value is -3.06. The standard InChI is InChI=1S/C25H31N3O4/c1-2-15-27-21-11-4-5-12-22(21)28(25(27)30)16-14-24(29)26-20-10-3-6-13-23(20)32-18-19-9-7-8-17-31-19/h3-6,10-13,19H,2,7-9,14-18H2,1H3,(H,26,29). The van der Waals surface area contributed by atoms with Gasteiger partial charge in [0.1, 0.15) is 12.4 Å². The molecule has 1 aliphatic heterocycles. The fourth-order valence-corrected chi connectivity index (χ4v) is 4.17. The van der Waals surface area contributed by atoms with E-state index >= 15 is 0 Å². The molecule has 7 nitrogen and oxygen atoms in total. The van der Waals surface area contributed by atoms with Crippen molar-refractivity contribution in [3.63, 3.8) is 0 Å². The monoisotopic (exact) mass is 437 g/mol. The molecule has 0 aliphatic carbocycles. The molecule has 0 radical (unpaired) electrons. The lowest BCUT2D eigenvalue weighted by atomic mass is 10.1. The second-order valence-electron chi connectivity index (χ2n) is 8.17. The molecule has 1 N–H and O–H groups in total. The maximum atomic E-state index is 12.9. The first-order valence-electron chi connectivity index (χ1n) is 11.5. The highest BCUT2D eigenvalue weighted by molar-refractivity contribution is 5.92. The molecule has 1 amide bonds. The molecular weight excluding hydrogens is 406 g/mol. The van der Waals surface area contributed by atoms with Gasteiger partial charge in [-0.1, -0.05) is 31.2 Å². The molecule has 1 aromatic heterocycles. The van der Waals surface area contributed by atoms with Gasteiger partial charge in [-0.15, -0.1) is 0 Å². The van der Waals surface area contributed by atoms with Gasteiger partial charge in [-0.05, 0) is 49.9 Å². The minimum atomic E-state index is -0.158. The predicted octanol–water partition coefficient (Wildman–Crippen LogP) is 4.19. The molecule has 1 fully saturated rings. The van der Waals surface area contributed by atoms with Crippen LogP contribution in [0.1, 0.15) is 39.0 Å². The number of anilines is 1. The molecule has 0 saturated carbocycles. The van der Waals surface area contributed by atoms with Crippen molar-refractivity contribution in [2.45, 2.75) is 58.2 Å². The molecular formula is C25H31N3O4. The number of benzene rings is 2. The highest BCUT2D eigenvalue weighted by atomic mass is 16.5. The number of carbonyl (C=O) groups is 1. The third kappa shape index (κ3) is 5.05. The average molecular weight is 438 g/mol. The Balaban J connectivity index is 1.41. The summed E-state index contributed by atoms with van der Waals surface area (Å²) in [5, 5.41) is 2.94. The molecule has 2 heterocycles. The molecule has 1 atom stereocenters. The molecule has 1 aliphatic rings. The van der Waals surface area contributed by atoms with Gasteiger partial charge < -0.3 is 14.8 Å². The average Bonchev–Trinajstić information content (AvgIpc) is 3.09. The number of fused-ring (bicyclic) bond motifs is 1. The van der Waals surface area contributed by atoms with E-state index in [2.05, 4.69) is 5.32 Å². The number of rotatable bonds is 9. The number of para-hydroxylation sites is 4. The third-order valence-electron chi connectivity index (χ3n) is 5.79. The van der Waals surface area contributed by atoms with Crippen LogP contribution in [-0.2, 0) is 22.6 Å². The minimum Gasteiger partial charge on any atom is -0.489 e. The van der Waals surface area contributed by atoms with Crippen molar-refractivity contribution in [3.8, 4) is 5.75 Å². The van der Waals surface area contributed by atoms with E-state index in [4.69, 9.17) is 9.47 Å². The van der Waals surface area contributed by atoms with Gasteiger partial charge >= 0.3 is 5.69 Å². The van der Waals surface area contributed by atoms with Crippen LogP contribution in [0.4, 0.5) is 5.69 Å². The molecule has 1 saturated heterocycles. The normalized spacial score (nSPS) is 16.2. The molecule has 170 valence electrons. The summed E-state index contributed by atoms with van der Waals surface area (Å²) in [4.78, 5) is 25.6. The van der Waals surface area contributed by atoms with Gasteiger partial charge in [-0.2, -0.15) is 0 Å².